The number of hydrogen-bond donors (Lipinski definition) is 1. The molecule has 8 heteroatoms. The molecule has 2 heterocycles. The summed E-state index contributed by atoms with van der Waals surface area (Å²) in [5.41, 5.74) is 1.66. The number of rotatable bonds is 5. The number of amides is 1. The Kier molecular flexibility index (Phi) is 6.02. The van der Waals surface area contributed by atoms with Gasteiger partial charge in [-0.15, -0.1) is 10.2 Å². The minimum atomic E-state index is -0.278. The van der Waals surface area contributed by atoms with Crippen molar-refractivity contribution in [2.75, 3.05) is 11.9 Å². The number of carbonyl (C=O) groups is 1. The van der Waals surface area contributed by atoms with Crippen molar-refractivity contribution in [3.63, 3.8) is 0 Å². The molecule has 0 saturated carbocycles. The molecule has 0 bridgehead atoms. The molecule has 1 aromatic heterocycles. The van der Waals surface area contributed by atoms with Gasteiger partial charge in [-0.2, -0.15) is 0 Å². The molecular weight excluding hydrogens is 411 g/mol. The number of halogens is 2. The highest BCUT2D eigenvalue weighted by Crippen LogP contribution is 2.27. The van der Waals surface area contributed by atoms with Crippen LogP contribution in [0.2, 0.25) is 10.0 Å². The van der Waals surface area contributed by atoms with Crippen LogP contribution < -0.4 is 10.1 Å². The van der Waals surface area contributed by atoms with Crippen LogP contribution in [0.3, 0.4) is 0 Å². The molecule has 29 heavy (non-hydrogen) atoms. The van der Waals surface area contributed by atoms with E-state index < -0.39 is 0 Å². The van der Waals surface area contributed by atoms with Crippen LogP contribution in [0.15, 0.2) is 42.5 Å². The molecule has 0 atom stereocenters. The van der Waals surface area contributed by atoms with Gasteiger partial charge in [0.2, 0.25) is 0 Å². The molecule has 1 N–H and O–H groups in total. The lowest BCUT2D eigenvalue weighted by atomic mass is 10.2. The molecule has 0 saturated heterocycles. The lowest BCUT2D eigenvalue weighted by Crippen LogP contribution is -2.20. The summed E-state index contributed by atoms with van der Waals surface area (Å²) < 4.78 is 7.66. The van der Waals surface area contributed by atoms with Crippen LogP contribution in [0, 0.1) is 0 Å². The van der Waals surface area contributed by atoms with Crippen LogP contribution in [0.5, 0.6) is 5.75 Å². The van der Waals surface area contributed by atoms with Crippen molar-refractivity contribution in [2.24, 2.45) is 0 Å². The molecule has 4 rings (SSSR count). The normalized spacial score (nSPS) is 13.4. The molecule has 1 aliphatic heterocycles. The average Bonchev–Trinajstić information content (AvgIpc) is 2.96. The molecule has 0 spiro atoms. The molecular formula is C21H20Cl2N4O2. The van der Waals surface area contributed by atoms with Crippen LogP contribution in [-0.4, -0.2) is 27.3 Å². The van der Waals surface area contributed by atoms with Crippen molar-refractivity contribution in [1.29, 1.82) is 0 Å². The van der Waals surface area contributed by atoms with Crippen molar-refractivity contribution in [3.8, 4) is 17.1 Å². The number of anilines is 1. The van der Waals surface area contributed by atoms with Gasteiger partial charge in [-0.1, -0.05) is 29.6 Å². The molecule has 2 aromatic carbocycles. The molecule has 0 aliphatic carbocycles. The van der Waals surface area contributed by atoms with Gasteiger partial charge in [0, 0.05) is 29.2 Å². The first kappa shape index (κ1) is 19.7. The first-order chi connectivity index (χ1) is 14.1. The second kappa shape index (κ2) is 8.84. The third-order valence-corrected chi connectivity index (χ3v) is 5.32. The summed E-state index contributed by atoms with van der Waals surface area (Å²) in [6.45, 7) is 0.793. The number of ether oxygens (including phenoxy) is 1. The number of nitrogens with zero attached hydrogens (tertiary/aromatic N) is 3. The smallest absolute Gasteiger partial charge is 0.262 e. The van der Waals surface area contributed by atoms with Crippen LogP contribution >= 0.6 is 23.2 Å². The van der Waals surface area contributed by atoms with Crippen molar-refractivity contribution in [1.82, 2.24) is 14.8 Å². The maximum absolute atomic E-state index is 12.2. The molecule has 0 fully saturated rings. The Morgan fingerprint density at radius 3 is 2.69 bits per heavy atom. The highest BCUT2D eigenvalue weighted by molar-refractivity contribution is 6.35. The van der Waals surface area contributed by atoms with Gasteiger partial charge in [-0.3, -0.25) is 4.79 Å². The first-order valence-corrected chi connectivity index (χ1v) is 10.3. The number of fused-ring (bicyclic) bond motifs is 1. The van der Waals surface area contributed by atoms with Crippen molar-refractivity contribution in [3.05, 3.63) is 58.3 Å². The molecule has 6 nitrogen and oxygen atoms in total. The van der Waals surface area contributed by atoms with E-state index in [1.807, 2.05) is 24.3 Å². The SMILES string of the molecule is O=C(COc1ccc(Cl)cc1Cl)Nc1ccc(-c2nnc3n2CCCCC3)cc1. The maximum Gasteiger partial charge on any atom is 0.262 e. The summed E-state index contributed by atoms with van der Waals surface area (Å²) in [6, 6.07) is 12.4. The van der Waals surface area contributed by atoms with Gasteiger partial charge in [-0.25, -0.2) is 0 Å². The third kappa shape index (κ3) is 4.71. The summed E-state index contributed by atoms with van der Waals surface area (Å²) in [6.07, 6.45) is 4.49. The van der Waals surface area contributed by atoms with E-state index in [2.05, 4.69) is 20.1 Å². The van der Waals surface area contributed by atoms with E-state index >= 15 is 0 Å². The van der Waals surface area contributed by atoms with Gasteiger partial charge in [0.05, 0.1) is 5.02 Å². The number of benzene rings is 2. The fourth-order valence-corrected chi connectivity index (χ4v) is 3.80. The quantitative estimate of drug-likeness (QED) is 0.618. The van der Waals surface area contributed by atoms with E-state index in [0.717, 1.165) is 43.0 Å². The largest absolute Gasteiger partial charge is 0.482 e. The Morgan fingerprint density at radius 1 is 1.07 bits per heavy atom. The second-order valence-electron chi connectivity index (χ2n) is 6.89. The van der Waals surface area contributed by atoms with E-state index in [4.69, 9.17) is 27.9 Å². The first-order valence-electron chi connectivity index (χ1n) is 9.50. The van der Waals surface area contributed by atoms with Gasteiger partial charge in [-0.05, 0) is 55.3 Å². The van der Waals surface area contributed by atoms with Crippen LogP contribution in [-0.2, 0) is 17.8 Å². The van der Waals surface area contributed by atoms with Crippen LogP contribution in [0.1, 0.15) is 25.1 Å². The van der Waals surface area contributed by atoms with E-state index in [1.165, 1.54) is 6.42 Å². The van der Waals surface area contributed by atoms with Crippen molar-refractivity contribution >= 4 is 34.8 Å². The maximum atomic E-state index is 12.2. The Bertz CT molecular complexity index is 1020. The van der Waals surface area contributed by atoms with Crippen molar-refractivity contribution < 1.29 is 9.53 Å². The highest BCUT2D eigenvalue weighted by Gasteiger charge is 2.16. The number of aryl methyl sites for hydroxylation is 1. The highest BCUT2D eigenvalue weighted by atomic mass is 35.5. The lowest BCUT2D eigenvalue weighted by Gasteiger charge is -2.10. The van der Waals surface area contributed by atoms with Gasteiger partial charge < -0.3 is 14.6 Å². The average molecular weight is 431 g/mol. The molecule has 3 aromatic rings. The number of nitrogens with one attached hydrogen (secondary N) is 1. The number of hydrogen-bond acceptors (Lipinski definition) is 4. The third-order valence-electron chi connectivity index (χ3n) is 4.79. The second-order valence-corrected chi connectivity index (χ2v) is 7.73. The van der Waals surface area contributed by atoms with E-state index in [1.54, 1.807) is 18.2 Å². The predicted molar refractivity (Wildman–Crippen MR) is 114 cm³/mol. The Hall–Kier alpha value is -2.57. The van der Waals surface area contributed by atoms with Gasteiger partial charge >= 0.3 is 0 Å². The molecule has 1 aliphatic rings. The van der Waals surface area contributed by atoms with Gasteiger partial charge in [0.1, 0.15) is 11.6 Å². The van der Waals surface area contributed by atoms with Gasteiger partial charge in [0.15, 0.2) is 12.4 Å². The van der Waals surface area contributed by atoms with E-state index in [9.17, 15) is 4.79 Å². The molecule has 150 valence electrons. The van der Waals surface area contributed by atoms with E-state index in [-0.39, 0.29) is 12.5 Å². The van der Waals surface area contributed by atoms with Crippen LogP contribution in [0.4, 0.5) is 5.69 Å². The predicted octanol–water partition coefficient (Wildman–Crippen LogP) is 5.00. The molecule has 1 amide bonds. The summed E-state index contributed by atoms with van der Waals surface area (Å²) in [7, 11) is 0. The summed E-state index contributed by atoms with van der Waals surface area (Å²) in [5, 5.41) is 12.4. The summed E-state index contributed by atoms with van der Waals surface area (Å²) in [5.74, 6) is 2.06. The summed E-state index contributed by atoms with van der Waals surface area (Å²) in [4.78, 5) is 12.2. The monoisotopic (exact) mass is 430 g/mol. The number of aromatic nitrogens is 3. The Balaban J connectivity index is 1.38. The van der Waals surface area contributed by atoms with Crippen LogP contribution in [0.25, 0.3) is 11.4 Å². The topological polar surface area (TPSA) is 69.0 Å². The zero-order valence-corrected chi connectivity index (χ0v) is 17.2. The zero-order valence-electron chi connectivity index (χ0n) is 15.7. The minimum Gasteiger partial charge on any atom is -0.482 e. The number of carbonyl (C=O) groups excluding carboxylic acids is 1. The summed E-state index contributed by atoms with van der Waals surface area (Å²) >= 11 is 11.9. The van der Waals surface area contributed by atoms with Crippen molar-refractivity contribution in [2.45, 2.75) is 32.2 Å². The Morgan fingerprint density at radius 2 is 1.90 bits per heavy atom. The Labute approximate surface area is 178 Å². The standard InChI is InChI=1S/C21H20Cl2N4O2/c22-15-7-10-18(17(23)12-15)29-13-20(28)24-16-8-5-14(6-9-16)21-26-25-19-4-2-1-3-11-27(19)21/h5-10,12H,1-4,11,13H2,(H,24,28). The molecule has 0 unspecified atom stereocenters. The molecule has 0 radical (unpaired) electrons. The van der Waals surface area contributed by atoms with E-state index in [0.29, 0.717) is 21.5 Å². The lowest BCUT2D eigenvalue weighted by molar-refractivity contribution is -0.118. The fraction of sp³-hybridized carbons (Fsp3) is 0.286. The van der Waals surface area contributed by atoms with Gasteiger partial charge in [0.25, 0.3) is 5.91 Å². The zero-order chi connectivity index (χ0) is 20.2. The fourth-order valence-electron chi connectivity index (χ4n) is 3.33. The minimum absolute atomic E-state index is 0.152.